The summed E-state index contributed by atoms with van der Waals surface area (Å²) in [5, 5.41) is 0. The third kappa shape index (κ3) is 2.81. The molecule has 1 amide bonds. The van der Waals surface area contributed by atoms with E-state index in [1.54, 1.807) is 26.4 Å². The molecule has 0 fully saturated rings. The van der Waals surface area contributed by atoms with Gasteiger partial charge in [0.05, 0.1) is 19.8 Å². The number of aromatic amines is 1. The van der Waals surface area contributed by atoms with Gasteiger partial charge in [-0.15, -0.1) is 0 Å². The largest absolute Gasteiger partial charge is 0.497 e. The summed E-state index contributed by atoms with van der Waals surface area (Å²) in [6.07, 6.45) is 0. The molecule has 3 aromatic rings. The molecule has 2 aromatic carbocycles. The SMILES string of the molecule is COc1ccc(-c2nc(-c3ccccc3OC)[nH]c2C(N)=O)cc1. The van der Waals surface area contributed by atoms with Crippen LogP contribution >= 0.6 is 0 Å². The van der Waals surface area contributed by atoms with Crippen LogP contribution in [0.4, 0.5) is 0 Å². The molecule has 1 aromatic heterocycles. The van der Waals surface area contributed by atoms with Crippen molar-refractivity contribution in [3.63, 3.8) is 0 Å². The number of carbonyl (C=O) groups excluding carboxylic acids is 1. The second kappa shape index (κ2) is 6.45. The first-order valence-corrected chi connectivity index (χ1v) is 7.31. The van der Waals surface area contributed by atoms with Gasteiger partial charge in [0.15, 0.2) is 0 Å². The van der Waals surface area contributed by atoms with Crippen LogP contribution in [0.2, 0.25) is 0 Å². The number of methoxy groups -OCH3 is 2. The fourth-order valence-corrected chi connectivity index (χ4v) is 2.48. The number of para-hydroxylation sites is 1. The summed E-state index contributed by atoms with van der Waals surface area (Å²) in [6.45, 7) is 0. The number of ether oxygens (including phenoxy) is 2. The highest BCUT2D eigenvalue weighted by Crippen LogP contribution is 2.31. The van der Waals surface area contributed by atoms with Crippen LogP contribution in [-0.2, 0) is 0 Å². The van der Waals surface area contributed by atoms with Gasteiger partial charge in [-0.1, -0.05) is 12.1 Å². The monoisotopic (exact) mass is 323 g/mol. The molecule has 3 rings (SSSR count). The summed E-state index contributed by atoms with van der Waals surface area (Å²) >= 11 is 0. The second-order valence-corrected chi connectivity index (χ2v) is 5.10. The third-order valence-corrected chi connectivity index (χ3v) is 3.68. The van der Waals surface area contributed by atoms with Gasteiger partial charge in [0.2, 0.25) is 0 Å². The van der Waals surface area contributed by atoms with Crippen LogP contribution in [0, 0.1) is 0 Å². The van der Waals surface area contributed by atoms with E-state index in [-0.39, 0.29) is 5.69 Å². The average Bonchev–Trinajstić information content (AvgIpc) is 3.07. The maximum atomic E-state index is 11.8. The Bertz CT molecular complexity index is 869. The summed E-state index contributed by atoms with van der Waals surface area (Å²) in [4.78, 5) is 19.4. The van der Waals surface area contributed by atoms with E-state index >= 15 is 0 Å². The lowest BCUT2D eigenvalue weighted by molar-refractivity contribution is 0.0997. The quantitative estimate of drug-likeness (QED) is 0.755. The number of imidazole rings is 1. The van der Waals surface area contributed by atoms with Gasteiger partial charge in [-0.3, -0.25) is 4.79 Å². The maximum Gasteiger partial charge on any atom is 0.267 e. The van der Waals surface area contributed by atoms with Gasteiger partial charge in [-0.05, 0) is 36.4 Å². The Kier molecular flexibility index (Phi) is 4.20. The molecule has 0 radical (unpaired) electrons. The van der Waals surface area contributed by atoms with Gasteiger partial charge in [0.25, 0.3) is 5.91 Å². The summed E-state index contributed by atoms with van der Waals surface area (Å²) in [5.74, 6) is 1.32. The van der Waals surface area contributed by atoms with Crippen molar-refractivity contribution in [2.45, 2.75) is 0 Å². The molecular formula is C18H17N3O3. The zero-order chi connectivity index (χ0) is 17.1. The Morgan fingerprint density at radius 3 is 2.38 bits per heavy atom. The molecule has 0 aliphatic rings. The van der Waals surface area contributed by atoms with Crippen molar-refractivity contribution in [3.05, 3.63) is 54.2 Å². The van der Waals surface area contributed by atoms with E-state index in [0.29, 0.717) is 17.3 Å². The molecule has 0 saturated carbocycles. The van der Waals surface area contributed by atoms with E-state index in [9.17, 15) is 4.79 Å². The van der Waals surface area contributed by atoms with Crippen LogP contribution < -0.4 is 15.2 Å². The number of nitrogens with one attached hydrogen (secondary N) is 1. The normalized spacial score (nSPS) is 10.4. The number of carbonyl (C=O) groups is 1. The molecule has 0 aliphatic heterocycles. The number of benzene rings is 2. The Morgan fingerprint density at radius 1 is 1.04 bits per heavy atom. The number of rotatable bonds is 5. The van der Waals surface area contributed by atoms with Crippen molar-refractivity contribution in [1.82, 2.24) is 9.97 Å². The van der Waals surface area contributed by atoms with Gasteiger partial charge < -0.3 is 20.2 Å². The van der Waals surface area contributed by atoms with E-state index in [1.165, 1.54) is 0 Å². The molecule has 3 N–H and O–H groups in total. The van der Waals surface area contributed by atoms with Crippen molar-refractivity contribution < 1.29 is 14.3 Å². The highest BCUT2D eigenvalue weighted by Gasteiger charge is 2.19. The Hall–Kier alpha value is -3.28. The molecule has 0 saturated heterocycles. The summed E-state index contributed by atoms with van der Waals surface area (Å²) in [6, 6.07) is 14.7. The van der Waals surface area contributed by atoms with E-state index in [0.717, 1.165) is 16.9 Å². The molecular weight excluding hydrogens is 306 g/mol. The van der Waals surface area contributed by atoms with Gasteiger partial charge in [-0.25, -0.2) is 4.98 Å². The predicted octanol–water partition coefficient (Wildman–Crippen LogP) is 2.86. The number of nitrogens with two attached hydrogens (primary N) is 1. The van der Waals surface area contributed by atoms with E-state index in [1.807, 2.05) is 36.4 Å². The zero-order valence-corrected chi connectivity index (χ0v) is 13.4. The van der Waals surface area contributed by atoms with Crippen molar-refractivity contribution in [2.24, 2.45) is 5.73 Å². The fourth-order valence-electron chi connectivity index (χ4n) is 2.48. The Balaban J connectivity index is 2.13. The number of amides is 1. The molecule has 6 heteroatoms. The van der Waals surface area contributed by atoms with Gasteiger partial charge in [0.1, 0.15) is 28.7 Å². The maximum absolute atomic E-state index is 11.8. The minimum Gasteiger partial charge on any atom is -0.497 e. The van der Waals surface area contributed by atoms with Gasteiger partial charge in [0, 0.05) is 5.56 Å². The minimum atomic E-state index is -0.575. The lowest BCUT2D eigenvalue weighted by Crippen LogP contribution is -2.12. The molecule has 0 atom stereocenters. The smallest absolute Gasteiger partial charge is 0.267 e. The van der Waals surface area contributed by atoms with Crippen LogP contribution in [0.3, 0.4) is 0 Å². The molecule has 0 aliphatic carbocycles. The number of hydrogen-bond donors (Lipinski definition) is 2. The van der Waals surface area contributed by atoms with Crippen LogP contribution in [0.5, 0.6) is 11.5 Å². The van der Waals surface area contributed by atoms with Crippen molar-refractivity contribution in [3.8, 4) is 34.1 Å². The number of H-pyrrole nitrogens is 1. The van der Waals surface area contributed by atoms with E-state index in [2.05, 4.69) is 9.97 Å². The molecule has 24 heavy (non-hydrogen) atoms. The van der Waals surface area contributed by atoms with Gasteiger partial charge >= 0.3 is 0 Å². The molecule has 6 nitrogen and oxygen atoms in total. The molecule has 0 spiro atoms. The number of hydrogen-bond acceptors (Lipinski definition) is 4. The third-order valence-electron chi connectivity index (χ3n) is 3.68. The topological polar surface area (TPSA) is 90.2 Å². The van der Waals surface area contributed by atoms with E-state index in [4.69, 9.17) is 15.2 Å². The first-order valence-electron chi connectivity index (χ1n) is 7.31. The number of primary amides is 1. The molecule has 0 bridgehead atoms. The first kappa shape index (κ1) is 15.6. The highest BCUT2D eigenvalue weighted by molar-refractivity contribution is 5.98. The molecule has 0 unspecified atom stereocenters. The average molecular weight is 323 g/mol. The van der Waals surface area contributed by atoms with Crippen LogP contribution in [-0.4, -0.2) is 30.1 Å². The molecule has 1 heterocycles. The summed E-state index contributed by atoms with van der Waals surface area (Å²) in [5.41, 5.74) is 7.76. The number of aromatic nitrogens is 2. The summed E-state index contributed by atoms with van der Waals surface area (Å²) in [7, 11) is 3.18. The van der Waals surface area contributed by atoms with Crippen LogP contribution in [0.15, 0.2) is 48.5 Å². The fraction of sp³-hybridized carbons (Fsp3) is 0.111. The standard InChI is InChI=1S/C18H17N3O3/c1-23-12-9-7-11(8-10-12)15-16(17(19)22)21-18(20-15)13-5-3-4-6-14(13)24-2/h3-10H,1-2H3,(H2,19,22)(H,20,21). The zero-order valence-electron chi connectivity index (χ0n) is 13.4. The van der Waals surface area contributed by atoms with E-state index < -0.39 is 5.91 Å². The lowest BCUT2D eigenvalue weighted by Gasteiger charge is -2.04. The lowest BCUT2D eigenvalue weighted by atomic mass is 10.1. The van der Waals surface area contributed by atoms with Crippen molar-refractivity contribution in [2.75, 3.05) is 14.2 Å². The highest BCUT2D eigenvalue weighted by atomic mass is 16.5. The van der Waals surface area contributed by atoms with Crippen LogP contribution in [0.25, 0.3) is 22.6 Å². The first-order chi connectivity index (χ1) is 11.6. The Morgan fingerprint density at radius 2 is 1.75 bits per heavy atom. The van der Waals surface area contributed by atoms with Crippen molar-refractivity contribution >= 4 is 5.91 Å². The predicted molar refractivity (Wildman–Crippen MR) is 91.1 cm³/mol. The van der Waals surface area contributed by atoms with Crippen LogP contribution in [0.1, 0.15) is 10.5 Å². The number of nitrogens with zero attached hydrogens (tertiary/aromatic N) is 1. The van der Waals surface area contributed by atoms with Crippen molar-refractivity contribution in [1.29, 1.82) is 0 Å². The Labute approximate surface area is 139 Å². The molecule has 122 valence electrons. The minimum absolute atomic E-state index is 0.251. The van der Waals surface area contributed by atoms with Gasteiger partial charge in [-0.2, -0.15) is 0 Å². The summed E-state index contributed by atoms with van der Waals surface area (Å²) < 4.78 is 10.5. The second-order valence-electron chi connectivity index (χ2n) is 5.10.